The summed E-state index contributed by atoms with van der Waals surface area (Å²) in [6.07, 6.45) is 5.35. The van der Waals surface area contributed by atoms with Gasteiger partial charge in [-0.2, -0.15) is 11.8 Å². The molecule has 0 radical (unpaired) electrons. The van der Waals surface area contributed by atoms with E-state index < -0.39 is 11.4 Å². The molecule has 18 heavy (non-hydrogen) atoms. The molecule has 2 rings (SSSR count). The number of hydrogen-bond acceptors (Lipinski definition) is 4. The molecule has 1 saturated carbocycles. The molecule has 0 aliphatic heterocycles. The fourth-order valence-corrected chi connectivity index (χ4v) is 4.35. The van der Waals surface area contributed by atoms with Gasteiger partial charge in [-0.25, -0.2) is 4.98 Å². The van der Waals surface area contributed by atoms with E-state index in [2.05, 4.69) is 4.98 Å². The molecule has 0 bridgehead atoms. The quantitative estimate of drug-likeness (QED) is 0.896. The smallest absolute Gasteiger partial charge is 0.315 e. The lowest BCUT2D eigenvalue weighted by Gasteiger charge is -2.15. The van der Waals surface area contributed by atoms with Gasteiger partial charge in [0.05, 0.1) is 5.69 Å². The van der Waals surface area contributed by atoms with Crippen molar-refractivity contribution in [1.29, 1.82) is 0 Å². The minimum Gasteiger partial charge on any atom is -0.481 e. The summed E-state index contributed by atoms with van der Waals surface area (Å²) in [6.45, 7) is 3.41. The molecule has 0 aromatic carbocycles. The molecule has 1 N–H and O–H groups in total. The third kappa shape index (κ3) is 3.06. The zero-order valence-electron chi connectivity index (χ0n) is 10.8. The van der Waals surface area contributed by atoms with Crippen LogP contribution in [0.15, 0.2) is 5.38 Å². The molecule has 0 unspecified atom stereocenters. The number of nitrogens with zero attached hydrogens (tertiary/aromatic N) is 1. The maximum absolute atomic E-state index is 11.2. The minimum atomic E-state index is -0.882. The highest BCUT2D eigenvalue weighted by molar-refractivity contribution is 7.99. The number of aliphatic carboxylic acids is 1. The van der Waals surface area contributed by atoms with Crippen LogP contribution in [-0.2, 0) is 16.0 Å². The average molecular weight is 285 g/mol. The molecule has 0 amide bonds. The van der Waals surface area contributed by atoms with Crippen molar-refractivity contribution in [2.45, 2.75) is 55.9 Å². The monoisotopic (exact) mass is 285 g/mol. The van der Waals surface area contributed by atoms with E-state index in [0.717, 1.165) is 16.0 Å². The summed E-state index contributed by atoms with van der Waals surface area (Å²) in [5, 5.41) is 12.9. The van der Waals surface area contributed by atoms with Crippen molar-refractivity contribution in [3.63, 3.8) is 0 Å². The van der Waals surface area contributed by atoms with E-state index in [-0.39, 0.29) is 0 Å². The number of carbonyl (C=O) groups is 1. The van der Waals surface area contributed by atoms with E-state index in [1.807, 2.05) is 17.1 Å². The van der Waals surface area contributed by atoms with Crippen molar-refractivity contribution in [3.05, 3.63) is 16.1 Å². The second-order valence-corrected chi connectivity index (χ2v) is 7.51. The lowest BCUT2D eigenvalue weighted by atomic mass is 9.90. The van der Waals surface area contributed by atoms with E-state index >= 15 is 0 Å². The second kappa shape index (κ2) is 5.61. The number of rotatable bonds is 5. The number of hydrogen-bond donors (Lipinski definition) is 1. The first-order chi connectivity index (χ1) is 8.50. The normalized spacial score (nSPS) is 17.2. The summed E-state index contributed by atoms with van der Waals surface area (Å²) in [5.74, 6) is 0.105. The number of thioether (sulfide) groups is 1. The molecular weight excluding hydrogens is 266 g/mol. The highest BCUT2D eigenvalue weighted by Crippen LogP contribution is 2.33. The minimum absolute atomic E-state index is 0.682. The Hall–Kier alpha value is -0.550. The van der Waals surface area contributed by atoms with E-state index in [9.17, 15) is 4.79 Å². The van der Waals surface area contributed by atoms with Gasteiger partial charge in [-0.1, -0.05) is 12.8 Å². The maximum Gasteiger partial charge on any atom is 0.315 e. The van der Waals surface area contributed by atoms with E-state index in [1.165, 1.54) is 25.7 Å². The van der Waals surface area contributed by atoms with Gasteiger partial charge in [-0.3, -0.25) is 4.79 Å². The summed E-state index contributed by atoms with van der Waals surface area (Å²) in [5.41, 5.74) is -0.200. The molecule has 0 atom stereocenters. The molecule has 1 heterocycles. The number of aromatic nitrogens is 1. The molecule has 1 fully saturated rings. The van der Waals surface area contributed by atoms with Gasteiger partial charge in [-0.05, 0) is 26.7 Å². The van der Waals surface area contributed by atoms with Crippen LogP contribution in [0, 0.1) is 0 Å². The Morgan fingerprint density at radius 3 is 2.83 bits per heavy atom. The van der Waals surface area contributed by atoms with Crippen LogP contribution in [0.1, 0.15) is 50.2 Å². The van der Waals surface area contributed by atoms with Crippen LogP contribution in [0.25, 0.3) is 0 Å². The zero-order valence-corrected chi connectivity index (χ0v) is 12.4. The molecule has 0 spiro atoms. The molecule has 5 heteroatoms. The zero-order chi connectivity index (χ0) is 13.2. The summed E-state index contributed by atoms with van der Waals surface area (Å²) < 4.78 is 0. The Labute approximate surface area is 116 Å². The lowest BCUT2D eigenvalue weighted by molar-refractivity contribution is -0.142. The van der Waals surface area contributed by atoms with Gasteiger partial charge in [0.25, 0.3) is 0 Å². The number of carboxylic acid groups (broad SMARTS) is 1. The third-order valence-electron chi connectivity index (χ3n) is 3.47. The van der Waals surface area contributed by atoms with E-state index in [1.54, 1.807) is 25.2 Å². The standard InChI is InChI=1S/C13H19NO2S2/c1-13(2,12(15)16)10-7-18-11(14-10)8-17-9-5-3-4-6-9/h7,9H,3-6,8H2,1-2H3,(H,15,16). The van der Waals surface area contributed by atoms with E-state index in [0.29, 0.717) is 5.69 Å². The first-order valence-electron chi connectivity index (χ1n) is 6.30. The van der Waals surface area contributed by atoms with Crippen LogP contribution < -0.4 is 0 Å². The summed E-state index contributed by atoms with van der Waals surface area (Å²) in [4.78, 5) is 15.6. The SMILES string of the molecule is CC(C)(C(=O)O)c1csc(CSC2CCCC2)n1. The topological polar surface area (TPSA) is 50.2 Å². The van der Waals surface area contributed by atoms with Crippen LogP contribution in [0.4, 0.5) is 0 Å². The Balaban J connectivity index is 1.95. The molecule has 1 aromatic heterocycles. The molecule has 1 aromatic rings. The van der Waals surface area contributed by atoms with Crippen molar-refractivity contribution in [1.82, 2.24) is 4.98 Å². The van der Waals surface area contributed by atoms with Crippen molar-refractivity contribution < 1.29 is 9.90 Å². The molecule has 0 saturated heterocycles. The van der Waals surface area contributed by atoms with E-state index in [4.69, 9.17) is 5.11 Å². The molecule has 1 aliphatic carbocycles. The third-order valence-corrected chi connectivity index (χ3v) is 5.89. The van der Waals surface area contributed by atoms with Crippen molar-refractivity contribution in [3.8, 4) is 0 Å². The molecular formula is C13H19NO2S2. The Morgan fingerprint density at radius 1 is 1.56 bits per heavy atom. The fraction of sp³-hybridized carbons (Fsp3) is 0.692. The first kappa shape index (κ1) is 13.9. The molecule has 100 valence electrons. The van der Waals surface area contributed by atoms with Gasteiger partial charge >= 0.3 is 5.97 Å². The summed E-state index contributed by atoms with van der Waals surface area (Å²) in [7, 11) is 0. The highest BCUT2D eigenvalue weighted by Gasteiger charge is 2.32. The number of carboxylic acids is 1. The highest BCUT2D eigenvalue weighted by atomic mass is 32.2. The Kier molecular flexibility index (Phi) is 4.33. The first-order valence-corrected chi connectivity index (χ1v) is 8.23. The molecule has 1 aliphatic rings. The maximum atomic E-state index is 11.2. The second-order valence-electron chi connectivity index (χ2n) is 5.27. The van der Waals surface area contributed by atoms with Crippen molar-refractivity contribution >= 4 is 29.1 Å². The van der Waals surface area contributed by atoms with Gasteiger partial charge in [0.15, 0.2) is 0 Å². The predicted octanol–water partition coefficient (Wildman–Crippen LogP) is 3.68. The predicted molar refractivity (Wildman–Crippen MR) is 76.3 cm³/mol. The van der Waals surface area contributed by atoms with Gasteiger partial charge in [0.1, 0.15) is 10.4 Å². The number of thiazole rings is 1. The largest absolute Gasteiger partial charge is 0.481 e. The van der Waals surface area contributed by atoms with Gasteiger partial charge in [0, 0.05) is 16.4 Å². The fourth-order valence-electron chi connectivity index (χ4n) is 2.02. The van der Waals surface area contributed by atoms with Gasteiger partial charge in [-0.15, -0.1) is 11.3 Å². The van der Waals surface area contributed by atoms with Crippen molar-refractivity contribution in [2.75, 3.05) is 0 Å². The Bertz CT molecular complexity index is 422. The average Bonchev–Trinajstić information content (AvgIpc) is 2.97. The van der Waals surface area contributed by atoms with Gasteiger partial charge in [0.2, 0.25) is 0 Å². The van der Waals surface area contributed by atoms with Crippen LogP contribution in [-0.4, -0.2) is 21.3 Å². The van der Waals surface area contributed by atoms with Crippen LogP contribution in [0.2, 0.25) is 0 Å². The summed E-state index contributed by atoms with van der Waals surface area (Å²) in [6, 6.07) is 0. The van der Waals surface area contributed by atoms with Crippen LogP contribution in [0.3, 0.4) is 0 Å². The summed E-state index contributed by atoms with van der Waals surface area (Å²) >= 11 is 3.55. The Morgan fingerprint density at radius 2 is 2.22 bits per heavy atom. The molecule has 3 nitrogen and oxygen atoms in total. The van der Waals surface area contributed by atoms with Crippen molar-refractivity contribution in [2.24, 2.45) is 0 Å². The van der Waals surface area contributed by atoms with Crippen LogP contribution in [0.5, 0.6) is 0 Å². The lowest BCUT2D eigenvalue weighted by Crippen LogP contribution is -2.28. The van der Waals surface area contributed by atoms with Gasteiger partial charge < -0.3 is 5.11 Å². The van der Waals surface area contributed by atoms with Crippen LogP contribution >= 0.6 is 23.1 Å².